The molecule has 1 aliphatic rings. The lowest BCUT2D eigenvalue weighted by atomic mass is 9.97. The van der Waals surface area contributed by atoms with E-state index in [1.807, 2.05) is 60.7 Å². The number of nitrogens with zero attached hydrogens (tertiary/aromatic N) is 1. The van der Waals surface area contributed by atoms with Crippen LogP contribution >= 0.6 is 0 Å². The van der Waals surface area contributed by atoms with Crippen molar-refractivity contribution in [2.45, 2.75) is 33.5 Å². The van der Waals surface area contributed by atoms with E-state index >= 15 is 0 Å². The molecule has 0 aliphatic carbocycles. The summed E-state index contributed by atoms with van der Waals surface area (Å²) in [6, 6.07) is 21.1. The highest BCUT2D eigenvalue weighted by Crippen LogP contribution is 2.47. The van der Waals surface area contributed by atoms with Gasteiger partial charge in [0.05, 0.1) is 37.6 Å². The van der Waals surface area contributed by atoms with Crippen LogP contribution in [0.2, 0.25) is 0 Å². The first kappa shape index (κ1) is 35.7. The number of hydrogen-bond donors (Lipinski definition) is 2. The van der Waals surface area contributed by atoms with Gasteiger partial charge in [-0.1, -0.05) is 60.7 Å². The molecule has 256 valence electrons. The maximum absolute atomic E-state index is 12.5. The van der Waals surface area contributed by atoms with E-state index in [1.54, 1.807) is 27.7 Å². The van der Waals surface area contributed by atoms with Gasteiger partial charge in [-0.05, 0) is 27.7 Å². The maximum atomic E-state index is 12.5. The molecule has 0 atom stereocenters. The summed E-state index contributed by atoms with van der Waals surface area (Å²) in [7, 11) is 0. The van der Waals surface area contributed by atoms with E-state index in [9.17, 15) is 29.1 Å². The number of hydrogen-bond acceptors (Lipinski definition) is 13. The molecular formula is C35H34N2O12. The Hall–Kier alpha value is -6.18. The summed E-state index contributed by atoms with van der Waals surface area (Å²) in [4.78, 5) is 65.7. The first-order valence-corrected chi connectivity index (χ1v) is 15.3. The van der Waals surface area contributed by atoms with Crippen molar-refractivity contribution < 1.29 is 52.7 Å². The number of carbonyl (C=O) groups is 4. The zero-order chi connectivity index (χ0) is 35.6. The Balaban J connectivity index is 0.000000257. The van der Waals surface area contributed by atoms with Crippen molar-refractivity contribution in [3.63, 3.8) is 0 Å². The fourth-order valence-corrected chi connectivity index (χ4v) is 4.63. The summed E-state index contributed by atoms with van der Waals surface area (Å²) < 4.78 is 32.1. The van der Waals surface area contributed by atoms with E-state index in [2.05, 4.69) is 9.97 Å². The minimum Gasteiger partial charge on any atom is -0.503 e. The highest BCUT2D eigenvalue weighted by atomic mass is 16.7. The second-order valence-corrected chi connectivity index (χ2v) is 9.89. The average molecular weight is 675 g/mol. The van der Waals surface area contributed by atoms with Crippen molar-refractivity contribution in [3.8, 4) is 17.4 Å². The van der Waals surface area contributed by atoms with Crippen LogP contribution in [0.25, 0.3) is 0 Å². The minimum atomic E-state index is -1.32. The van der Waals surface area contributed by atoms with Crippen LogP contribution in [-0.4, -0.2) is 65.4 Å². The molecule has 0 fully saturated rings. The van der Waals surface area contributed by atoms with Crippen LogP contribution in [-0.2, 0) is 24.7 Å². The number of carbonyl (C=O) groups excluding carboxylic acids is 4. The third kappa shape index (κ3) is 7.87. The van der Waals surface area contributed by atoms with E-state index in [1.165, 1.54) is 6.07 Å². The number of pyridine rings is 2. The molecule has 14 nitrogen and oxygen atoms in total. The molecule has 2 aromatic carbocycles. The van der Waals surface area contributed by atoms with Crippen LogP contribution < -0.4 is 15.0 Å². The van der Waals surface area contributed by atoms with Gasteiger partial charge >= 0.3 is 29.7 Å². The van der Waals surface area contributed by atoms with Crippen molar-refractivity contribution in [2.24, 2.45) is 0 Å². The number of esters is 4. The monoisotopic (exact) mass is 674 g/mol. The quantitative estimate of drug-likeness (QED) is 0.176. The van der Waals surface area contributed by atoms with Crippen molar-refractivity contribution in [1.82, 2.24) is 9.97 Å². The third-order valence-electron chi connectivity index (χ3n) is 6.72. The second kappa shape index (κ2) is 16.1. The van der Waals surface area contributed by atoms with Crippen LogP contribution in [0.15, 0.2) is 77.6 Å². The highest BCUT2D eigenvalue weighted by molar-refractivity contribution is 6.03. The Bertz CT molecular complexity index is 1780. The molecular weight excluding hydrogens is 640 g/mol. The molecule has 0 bridgehead atoms. The lowest BCUT2D eigenvalue weighted by Gasteiger charge is -2.28. The Morgan fingerprint density at radius 1 is 0.694 bits per heavy atom. The number of nitrogens with one attached hydrogen (secondary N) is 1. The lowest BCUT2D eigenvalue weighted by Crippen LogP contribution is -2.36. The van der Waals surface area contributed by atoms with Gasteiger partial charge in [0, 0.05) is 23.3 Å². The standard InChI is InChI=1S/C24H21NO6.C11H13NO6/c1-3-28-22(26)18-15-19-21(25-20(18)23(27)29-4-2)31-24(30-19,16-11-7-5-8-12-16)17-13-9-6-10-14-17;1-3-17-10(15)6-5-7(13)9(14)12-8(6)11(16)18-4-2/h5-15H,3-4H2,1-2H3;5,13H,3-4H2,1-2H3,(H,12,14). The molecule has 4 aromatic rings. The zero-order valence-corrected chi connectivity index (χ0v) is 27.1. The van der Waals surface area contributed by atoms with Gasteiger partial charge in [0.25, 0.3) is 11.4 Å². The van der Waals surface area contributed by atoms with Crippen LogP contribution in [0.3, 0.4) is 0 Å². The predicted molar refractivity (Wildman–Crippen MR) is 172 cm³/mol. The number of H-pyrrole nitrogens is 1. The molecule has 5 rings (SSSR count). The number of ether oxygens (including phenoxy) is 6. The Morgan fingerprint density at radius 2 is 1.18 bits per heavy atom. The van der Waals surface area contributed by atoms with Crippen molar-refractivity contribution in [3.05, 3.63) is 117 Å². The Labute approximate surface area is 280 Å². The topological polar surface area (TPSA) is 190 Å². The molecule has 2 N–H and O–H groups in total. The average Bonchev–Trinajstić information content (AvgIpc) is 3.50. The van der Waals surface area contributed by atoms with Gasteiger partial charge < -0.3 is 38.5 Å². The van der Waals surface area contributed by atoms with Gasteiger partial charge in [0.15, 0.2) is 17.2 Å². The van der Waals surface area contributed by atoms with E-state index in [-0.39, 0.29) is 60.6 Å². The lowest BCUT2D eigenvalue weighted by molar-refractivity contribution is -0.0477. The Morgan fingerprint density at radius 3 is 1.71 bits per heavy atom. The van der Waals surface area contributed by atoms with E-state index < -0.39 is 41.0 Å². The molecule has 3 heterocycles. The van der Waals surface area contributed by atoms with Crippen LogP contribution in [0.5, 0.6) is 17.4 Å². The zero-order valence-electron chi connectivity index (χ0n) is 27.1. The molecule has 14 heteroatoms. The number of fused-ring (bicyclic) bond motifs is 1. The molecule has 0 amide bonds. The van der Waals surface area contributed by atoms with Crippen LogP contribution in [0.1, 0.15) is 80.5 Å². The smallest absolute Gasteiger partial charge is 0.357 e. The number of aromatic hydroxyl groups is 1. The molecule has 2 aromatic heterocycles. The summed E-state index contributed by atoms with van der Waals surface area (Å²) >= 11 is 0. The molecule has 1 aliphatic heterocycles. The Kier molecular flexibility index (Phi) is 11.7. The van der Waals surface area contributed by atoms with Gasteiger partial charge in [-0.15, -0.1) is 0 Å². The SMILES string of the molecule is CCOC(=O)c1cc(O)c(=O)[nH]c1C(=O)OCC.CCOC(=O)c1cc2c(nc1C(=O)OCC)OC(c1ccccc1)(c1ccccc1)O2. The largest absolute Gasteiger partial charge is 0.503 e. The van der Waals surface area contributed by atoms with Gasteiger partial charge in [0.2, 0.25) is 0 Å². The summed E-state index contributed by atoms with van der Waals surface area (Å²) in [6.07, 6.45) is 0. The van der Waals surface area contributed by atoms with E-state index in [4.69, 9.17) is 28.4 Å². The van der Waals surface area contributed by atoms with Crippen molar-refractivity contribution >= 4 is 23.9 Å². The van der Waals surface area contributed by atoms with Crippen molar-refractivity contribution in [1.29, 1.82) is 0 Å². The summed E-state index contributed by atoms with van der Waals surface area (Å²) in [5.41, 5.74) is -0.222. The molecule has 0 spiro atoms. The molecule has 0 saturated heterocycles. The molecule has 0 unspecified atom stereocenters. The van der Waals surface area contributed by atoms with Gasteiger partial charge in [-0.3, -0.25) is 4.79 Å². The van der Waals surface area contributed by atoms with E-state index in [0.29, 0.717) is 0 Å². The van der Waals surface area contributed by atoms with Gasteiger partial charge in [-0.2, -0.15) is 0 Å². The molecule has 49 heavy (non-hydrogen) atoms. The summed E-state index contributed by atoms with van der Waals surface area (Å²) in [6.45, 7) is 6.99. The van der Waals surface area contributed by atoms with Gasteiger partial charge in [-0.25, -0.2) is 24.2 Å². The second-order valence-electron chi connectivity index (χ2n) is 9.89. The van der Waals surface area contributed by atoms with Crippen LogP contribution in [0.4, 0.5) is 0 Å². The van der Waals surface area contributed by atoms with Crippen LogP contribution in [0, 0.1) is 0 Å². The van der Waals surface area contributed by atoms with Crippen molar-refractivity contribution in [2.75, 3.05) is 26.4 Å². The fourth-order valence-electron chi connectivity index (χ4n) is 4.63. The first-order chi connectivity index (χ1) is 23.6. The normalized spacial score (nSPS) is 12.2. The minimum absolute atomic E-state index is 0.0421. The molecule has 0 saturated carbocycles. The number of benzene rings is 2. The first-order valence-electron chi connectivity index (χ1n) is 15.3. The molecule has 0 radical (unpaired) electrons. The highest BCUT2D eigenvalue weighted by Gasteiger charge is 2.47. The third-order valence-corrected chi connectivity index (χ3v) is 6.72. The maximum Gasteiger partial charge on any atom is 0.357 e. The predicted octanol–water partition coefficient (Wildman–Crippen LogP) is 4.54. The van der Waals surface area contributed by atoms with E-state index in [0.717, 1.165) is 17.2 Å². The number of rotatable bonds is 10. The summed E-state index contributed by atoms with van der Waals surface area (Å²) in [5.74, 6) is -4.81. The number of aromatic amines is 1. The fraction of sp³-hybridized carbons (Fsp3) is 0.257. The number of aromatic nitrogens is 2. The van der Waals surface area contributed by atoms with Gasteiger partial charge in [0.1, 0.15) is 5.69 Å². The summed E-state index contributed by atoms with van der Waals surface area (Å²) in [5, 5.41) is 9.25.